The molecule has 162 valence electrons. The molecule has 7 nitrogen and oxygen atoms in total. The van der Waals surface area contributed by atoms with Crippen molar-refractivity contribution in [1.82, 2.24) is 15.5 Å². The summed E-state index contributed by atoms with van der Waals surface area (Å²) >= 11 is 0. The Morgan fingerprint density at radius 3 is 2.42 bits per heavy atom. The lowest BCUT2D eigenvalue weighted by Crippen LogP contribution is -2.52. The lowest BCUT2D eigenvalue weighted by atomic mass is 10.1. The van der Waals surface area contributed by atoms with E-state index in [1.54, 1.807) is 18.9 Å². The Balaban J connectivity index is 1.52. The van der Waals surface area contributed by atoms with Crippen molar-refractivity contribution in [3.8, 4) is 0 Å². The second-order valence-corrected chi connectivity index (χ2v) is 7.46. The monoisotopic (exact) mass is 421 g/mol. The molecule has 2 N–H and O–H groups in total. The fourth-order valence-electron chi connectivity index (χ4n) is 3.37. The van der Waals surface area contributed by atoms with Gasteiger partial charge in [0.2, 0.25) is 11.8 Å². The summed E-state index contributed by atoms with van der Waals surface area (Å²) in [6.07, 6.45) is 3.54. The summed E-state index contributed by atoms with van der Waals surface area (Å²) in [5.74, 6) is -0.638. The molecule has 3 amide bonds. The highest BCUT2D eigenvalue weighted by Crippen LogP contribution is 2.24. The van der Waals surface area contributed by atoms with Crippen LogP contribution in [0.25, 0.3) is 0 Å². The zero-order chi connectivity index (χ0) is 22.2. The van der Waals surface area contributed by atoms with E-state index in [-0.39, 0.29) is 18.6 Å². The molecule has 3 rings (SSSR count). The van der Waals surface area contributed by atoms with Crippen molar-refractivity contribution in [3.63, 3.8) is 0 Å². The average Bonchev–Trinajstić information content (AvgIpc) is 2.92. The molecule has 3 atom stereocenters. The van der Waals surface area contributed by atoms with Gasteiger partial charge in [0.15, 0.2) is 0 Å². The van der Waals surface area contributed by atoms with Crippen molar-refractivity contribution < 1.29 is 19.1 Å². The predicted molar refractivity (Wildman–Crippen MR) is 117 cm³/mol. The van der Waals surface area contributed by atoms with E-state index in [1.807, 2.05) is 72.8 Å². The Morgan fingerprint density at radius 2 is 1.74 bits per heavy atom. The third-order valence-electron chi connectivity index (χ3n) is 5.15. The van der Waals surface area contributed by atoms with E-state index < -0.39 is 24.1 Å². The molecular formula is C24H27N3O4. The molecule has 0 fully saturated rings. The smallest absolute Gasteiger partial charge is 0.408 e. The van der Waals surface area contributed by atoms with Crippen LogP contribution < -0.4 is 10.6 Å². The molecule has 2 aromatic carbocycles. The third-order valence-corrected chi connectivity index (χ3v) is 5.15. The predicted octanol–water partition coefficient (Wildman–Crippen LogP) is 2.95. The molecule has 1 aliphatic heterocycles. The Kier molecular flexibility index (Phi) is 7.43. The highest BCUT2D eigenvalue weighted by Gasteiger charge is 2.31. The van der Waals surface area contributed by atoms with Gasteiger partial charge in [0.25, 0.3) is 0 Å². The van der Waals surface area contributed by atoms with E-state index in [2.05, 4.69) is 10.6 Å². The number of carbonyl (C=O) groups excluding carboxylic acids is 3. The van der Waals surface area contributed by atoms with Crippen molar-refractivity contribution in [1.29, 1.82) is 0 Å². The average molecular weight is 421 g/mol. The van der Waals surface area contributed by atoms with Crippen molar-refractivity contribution in [2.75, 3.05) is 7.05 Å². The van der Waals surface area contributed by atoms with Crippen LogP contribution in [-0.4, -0.2) is 41.9 Å². The topological polar surface area (TPSA) is 87.7 Å². The first kappa shape index (κ1) is 22.1. The van der Waals surface area contributed by atoms with Crippen LogP contribution in [0.2, 0.25) is 0 Å². The van der Waals surface area contributed by atoms with E-state index >= 15 is 0 Å². The number of hydrogen-bond acceptors (Lipinski definition) is 4. The second-order valence-electron chi connectivity index (χ2n) is 7.46. The molecule has 7 heteroatoms. The van der Waals surface area contributed by atoms with Gasteiger partial charge in [0.05, 0.1) is 6.04 Å². The summed E-state index contributed by atoms with van der Waals surface area (Å²) in [6, 6.07) is 17.2. The Hall–Kier alpha value is -3.61. The largest absolute Gasteiger partial charge is 0.445 e. The second kappa shape index (κ2) is 10.4. The number of nitrogens with one attached hydrogen (secondary N) is 2. The first-order chi connectivity index (χ1) is 15.0. The lowest BCUT2D eigenvalue weighted by Gasteiger charge is -2.28. The van der Waals surface area contributed by atoms with Gasteiger partial charge in [0, 0.05) is 7.05 Å². The highest BCUT2D eigenvalue weighted by molar-refractivity contribution is 5.91. The third kappa shape index (κ3) is 5.94. The van der Waals surface area contributed by atoms with Crippen molar-refractivity contribution in [3.05, 3.63) is 83.9 Å². The van der Waals surface area contributed by atoms with E-state index in [1.165, 1.54) is 0 Å². The van der Waals surface area contributed by atoms with Gasteiger partial charge >= 0.3 is 6.09 Å². The number of nitrogens with zero attached hydrogens (tertiary/aromatic N) is 1. The molecule has 1 aliphatic rings. The van der Waals surface area contributed by atoms with Crippen molar-refractivity contribution in [2.24, 2.45) is 0 Å². The zero-order valence-electron chi connectivity index (χ0n) is 17.7. The first-order valence-electron chi connectivity index (χ1n) is 10.2. The minimum Gasteiger partial charge on any atom is -0.445 e. The summed E-state index contributed by atoms with van der Waals surface area (Å²) in [6.45, 7) is 1.66. The Morgan fingerprint density at radius 1 is 1.10 bits per heavy atom. The number of amides is 3. The number of hydrogen-bond donors (Lipinski definition) is 2. The van der Waals surface area contributed by atoms with Crippen molar-refractivity contribution in [2.45, 2.75) is 38.1 Å². The molecule has 0 radical (unpaired) electrons. The number of likely N-dealkylation sites (N-methyl/N-ethyl adjacent to an activating group) is 1. The van der Waals surface area contributed by atoms with Crippen LogP contribution in [0.1, 0.15) is 30.5 Å². The lowest BCUT2D eigenvalue weighted by molar-refractivity contribution is -0.136. The quantitative estimate of drug-likeness (QED) is 0.702. The van der Waals surface area contributed by atoms with Gasteiger partial charge < -0.3 is 20.3 Å². The van der Waals surface area contributed by atoms with E-state index in [0.717, 1.165) is 11.1 Å². The maximum absolute atomic E-state index is 12.9. The number of rotatable bonds is 6. The summed E-state index contributed by atoms with van der Waals surface area (Å²) in [4.78, 5) is 39.1. The summed E-state index contributed by atoms with van der Waals surface area (Å²) in [7, 11) is 1.72. The van der Waals surface area contributed by atoms with Crippen molar-refractivity contribution >= 4 is 17.9 Å². The molecule has 0 aromatic heterocycles. The maximum atomic E-state index is 12.9. The molecule has 2 aromatic rings. The standard InChI is InChI=1S/C24H27N3O4/c1-17(25-24(30)31-16-18-10-5-3-6-11-18)22(28)26-20-14-9-15-21(27(2)23(20)29)19-12-7-4-8-13-19/h3-13,15,17,20-21H,14,16H2,1-2H3,(H,25,30)(H,26,28)/t17-,20-,21-/m0/s1. The number of carbonyl (C=O) groups is 3. The fourth-order valence-corrected chi connectivity index (χ4v) is 3.37. The van der Waals surface area contributed by atoms with Crippen LogP contribution in [0.5, 0.6) is 0 Å². The van der Waals surface area contributed by atoms with Gasteiger partial charge in [-0.15, -0.1) is 0 Å². The summed E-state index contributed by atoms with van der Waals surface area (Å²) in [5, 5.41) is 5.24. The molecule has 0 saturated heterocycles. The molecule has 0 saturated carbocycles. The van der Waals surface area contributed by atoms with Crippen LogP contribution in [0, 0.1) is 0 Å². The molecular weight excluding hydrogens is 394 g/mol. The Bertz CT molecular complexity index is 930. The van der Waals surface area contributed by atoms with Gasteiger partial charge in [-0.2, -0.15) is 0 Å². The zero-order valence-corrected chi connectivity index (χ0v) is 17.7. The highest BCUT2D eigenvalue weighted by atomic mass is 16.5. The van der Waals surface area contributed by atoms with Crippen LogP contribution in [-0.2, 0) is 20.9 Å². The maximum Gasteiger partial charge on any atom is 0.408 e. The van der Waals surface area contributed by atoms with Gasteiger partial charge in [-0.05, 0) is 24.5 Å². The molecule has 0 unspecified atom stereocenters. The van der Waals surface area contributed by atoms with Crippen LogP contribution in [0.3, 0.4) is 0 Å². The molecule has 0 spiro atoms. The number of ether oxygens (including phenoxy) is 1. The minimum absolute atomic E-state index is 0.110. The Labute approximate surface area is 182 Å². The van der Waals surface area contributed by atoms with Gasteiger partial charge in [-0.3, -0.25) is 9.59 Å². The number of alkyl carbamates (subject to hydrolysis) is 1. The summed E-state index contributed by atoms with van der Waals surface area (Å²) in [5.41, 5.74) is 1.85. The van der Waals surface area contributed by atoms with Gasteiger partial charge in [-0.1, -0.05) is 72.8 Å². The summed E-state index contributed by atoms with van der Waals surface area (Å²) < 4.78 is 5.14. The molecule has 1 heterocycles. The fraction of sp³-hybridized carbons (Fsp3) is 0.292. The first-order valence-corrected chi connectivity index (χ1v) is 10.2. The molecule has 0 bridgehead atoms. The van der Waals surface area contributed by atoms with Crippen LogP contribution >= 0.6 is 0 Å². The molecule has 31 heavy (non-hydrogen) atoms. The van der Waals surface area contributed by atoms with Crippen LogP contribution in [0.4, 0.5) is 4.79 Å². The van der Waals surface area contributed by atoms with Gasteiger partial charge in [-0.25, -0.2) is 4.79 Å². The SMILES string of the molecule is C[C@H](NC(=O)OCc1ccccc1)C(=O)N[C@H]1CC=C[C@@H](c2ccccc2)N(C)C1=O. The minimum atomic E-state index is -0.849. The molecule has 0 aliphatic carbocycles. The van der Waals surface area contributed by atoms with E-state index in [0.29, 0.717) is 6.42 Å². The normalized spacial score (nSPS) is 19.3. The van der Waals surface area contributed by atoms with E-state index in [4.69, 9.17) is 4.74 Å². The van der Waals surface area contributed by atoms with E-state index in [9.17, 15) is 14.4 Å². The number of benzene rings is 2. The van der Waals surface area contributed by atoms with Gasteiger partial charge in [0.1, 0.15) is 18.7 Å². The van der Waals surface area contributed by atoms with Crippen LogP contribution in [0.15, 0.2) is 72.8 Å².